The lowest BCUT2D eigenvalue weighted by Gasteiger charge is -2.12. The van der Waals surface area contributed by atoms with Gasteiger partial charge in [-0.3, -0.25) is 4.98 Å². The molecule has 4 heterocycles. The van der Waals surface area contributed by atoms with Crippen molar-refractivity contribution in [1.82, 2.24) is 14.5 Å². The van der Waals surface area contributed by atoms with E-state index in [1.807, 2.05) is 12.3 Å². The van der Waals surface area contributed by atoms with E-state index in [9.17, 15) is 0 Å². The predicted molar refractivity (Wildman–Crippen MR) is 164 cm³/mol. The molecule has 0 atom stereocenters. The molecule has 3 nitrogen and oxygen atoms in total. The second-order valence-electron chi connectivity index (χ2n) is 8.90. The summed E-state index contributed by atoms with van der Waals surface area (Å²) in [6.07, 6.45) is 8.34. The van der Waals surface area contributed by atoms with Gasteiger partial charge in [0.05, 0.1) is 27.9 Å². The van der Waals surface area contributed by atoms with Gasteiger partial charge in [-0.25, -0.2) is 4.98 Å². The van der Waals surface area contributed by atoms with Gasteiger partial charge in [-0.15, -0.1) is 0 Å². The van der Waals surface area contributed by atoms with Crippen molar-refractivity contribution in [1.29, 1.82) is 0 Å². The predicted octanol–water partition coefficient (Wildman–Crippen LogP) is 8.48. The number of aromatic nitrogens is 3. The van der Waals surface area contributed by atoms with Crippen LogP contribution < -0.4 is 0 Å². The summed E-state index contributed by atoms with van der Waals surface area (Å²) in [5.41, 5.74) is 9.98. The van der Waals surface area contributed by atoms with Gasteiger partial charge in [0.25, 0.3) is 0 Å². The highest BCUT2D eigenvalue weighted by molar-refractivity contribution is 14.2. The second-order valence-corrected chi connectivity index (χ2v) is 11.4. The molecule has 0 saturated heterocycles. The van der Waals surface area contributed by atoms with Crippen molar-refractivity contribution < 1.29 is 0 Å². The minimum atomic E-state index is -0.183. The van der Waals surface area contributed by atoms with E-state index in [2.05, 4.69) is 129 Å². The first kappa shape index (κ1) is 22.1. The molecular weight excluding hydrogens is 565 g/mol. The molecule has 37 heavy (non-hydrogen) atoms. The molecule has 6 aromatic rings. The maximum atomic E-state index is 5.13. The van der Waals surface area contributed by atoms with Gasteiger partial charge in [-0.05, 0) is 63.8 Å². The number of allylic oxidation sites excluding steroid dienone is 3. The summed E-state index contributed by atoms with van der Waals surface area (Å²) in [5.74, 6) is 0. The SMILES string of the molecule is C1=CI=C(c2cc(-c3ccccc3)cc(-c3ccc(-n4c5ccccc5c5ncccc54)cc3)n2)C=C1. The van der Waals surface area contributed by atoms with Gasteiger partial charge in [0.15, 0.2) is 0 Å². The van der Waals surface area contributed by atoms with Crippen molar-refractivity contribution in [3.8, 4) is 28.1 Å². The third kappa shape index (κ3) is 4.03. The van der Waals surface area contributed by atoms with Crippen molar-refractivity contribution in [2.24, 2.45) is 0 Å². The van der Waals surface area contributed by atoms with E-state index in [0.717, 1.165) is 39.2 Å². The summed E-state index contributed by atoms with van der Waals surface area (Å²) < 4.78 is 5.93. The van der Waals surface area contributed by atoms with Crippen molar-refractivity contribution in [3.05, 3.63) is 137 Å². The maximum absolute atomic E-state index is 5.13. The van der Waals surface area contributed by atoms with E-state index in [4.69, 9.17) is 4.98 Å². The summed E-state index contributed by atoms with van der Waals surface area (Å²) in [6.45, 7) is 0. The number of hydrogen-bond acceptors (Lipinski definition) is 2. The summed E-state index contributed by atoms with van der Waals surface area (Å²) in [7, 11) is 0. The Balaban J connectivity index is 1.36. The number of benzene rings is 3. The number of fused-ring (bicyclic) bond motifs is 3. The molecule has 1 aliphatic rings. The van der Waals surface area contributed by atoms with Gasteiger partial charge in [0, 0.05) is 26.3 Å². The molecule has 0 aliphatic carbocycles. The Hall–Kier alpha value is -4.16. The first-order valence-electron chi connectivity index (χ1n) is 12.2. The number of para-hydroxylation sites is 1. The molecule has 0 radical (unpaired) electrons. The van der Waals surface area contributed by atoms with Gasteiger partial charge in [-0.2, -0.15) is 0 Å². The molecule has 0 amide bonds. The lowest BCUT2D eigenvalue weighted by Crippen LogP contribution is -2.01. The maximum Gasteiger partial charge on any atom is 0.0963 e. The molecule has 1 aliphatic heterocycles. The summed E-state index contributed by atoms with van der Waals surface area (Å²) in [6, 6.07) is 36.4. The number of rotatable bonds is 4. The van der Waals surface area contributed by atoms with Crippen LogP contribution in [-0.4, -0.2) is 18.0 Å². The highest BCUT2D eigenvalue weighted by atomic mass is 127. The van der Waals surface area contributed by atoms with Gasteiger partial charge < -0.3 is 4.57 Å². The molecule has 0 spiro atoms. The fourth-order valence-electron chi connectivity index (χ4n) is 4.90. The average molecular weight is 587 g/mol. The van der Waals surface area contributed by atoms with Crippen LogP contribution in [0.1, 0.15) is 5.69 Å². The molecule has 3 aromatic carbocycles. The van der Waals surface area contributed by atoms with Crippen molar-refractivity contribution in [2.75, 3.05) is 0 Å². The summed E-state index contributed by atoms with van der Waals surface area (Å²) >= 11 is -0.183. The fraction of sp³-hybridized carbons (Fsp3) is 0. The molecule has 4 heteroatoms. The molecular formula is C33H22IN3. The van der Waals surface area contributed by atoms with Crippen LogP contribution in [0.25, 0.3) is 50.0 Å². The number of pyridine rings is 2. The topological polar surface area (TPSA) is 30.7 Å². The van der Waals surface area contributed by atoms with Crippen LogP contribution in [0.4, 0.5) is 0 Å². The third-order valence-corrected chi connectivity index (χ3v) is 8.99. The molecule has 0 fully saturated rings. The Morgan fingerprint density at radius 2 is 1.41 bits per heavy atom. The quantitative estimate of drug-likeness (QED) is 0.194. The first-order valence-corrected chi connectivity index (χ1v) is 14.5. The minimum absolute atomic E-state index is 0.183. The Morgan fingerprint density at radius 1 is 0.622 bits per heavy atom. The number of nitrogens with zero attached hydrogens (tertiary/aromatic N) is 3. The van der Waals surface area contributed by atoms with Crippen LogP contribution in [0.2, 0.25) is 0 Å². The standard InChI is InChI=1S/C33H22IN3/c1-2-9-23(10-3-1)25-21-29(36-30(22-25)28-12-6-7-19-34-28)24-15-17-26(18-16-24)37-31-13-5-4-11-27(31)33-32(37)14-8-20-35-33/h1-22H. The zero-order valence-electron chi connectivity index (χ0n) is 19.9. The lowest BCUT2D eigenvalue weighted by molar-refractivity contribution is 1.17. The van der Waals surface area contributed by atoms with Crippen LogP contribution in [0, 0.1) is 0 Å². The Bertz CT molecular complexity index is 1810. The highest BCUT2D eigenvalue weighted by Crippen LogP contribution is 2.32. The van der Waals surface area contributed by atoms with Gasteiger partial charge in [0.2, 0.25) is 0 Å². The van der Waals surface area contributed by atoms with Gasteiger partial charge in [0.1, 0.15) is 0 Å². The van der Waals surface area contributed by atoms with Gasteiger partial charge >= 0.3 is 0 Å². The first-order chi connectivity index (χ1) is 18.3. The highest BCUT2D eigenvalue weighted by Gasteiger charge is 2.14. The van der Waals surface area contributed by atoms with Crippen LogP contribution in [0.3, 0.4) is 0 Å². The van der Waals surface area contributed by atoms with Crippen LogP contribution >= 0.6 is 20.7 Å². The normalized spacial score (nSPS) is 13.0. The average Bonchev–Trinajstić information content (AvgIpc) is 3.32. The fourth-order valence-corrected chi connectivity index (χ4v) is 6.75. The molecule has 176 valence electrons. The Morgan fingerprint density at radius 3 is 2.24 bits per heavy atom. The lowest BCUT2D eigenvalue weighted by atomic mass is 10.0. The third-order valence-electron chi connectivity index (χ3n) is 6.63. The Kier molecular flexibility index (Phi) is 5.59. The molecule has 7 rings (SSSR count). The monoisotopic (exact) mass is 587 g/mol. The minimum Gasteiger partial charge on any atom is -0.308 e. The van der Waals surface area contributed by atoms with Crippen molar-refractivity contribution >= 4 is 46.2 Å². The molecule has 0 N–H and O–H groups in total. The van der Waals surface area contributed by atoms with E-state index in [-0.39, 0.29) is 20.7 Å². The molecule has 0 bridgehead atoms. The smallest absolute Gasteiger partial charge is 0.0963 e. The van der Waals surface area contributed by atoms with E-state index in [1.54, 1.807) is 0 Å². The van der Waals surface area contributed by atoms with E-state index < -0.39 is 0 Å². The van der Waals surface area contributed by atoms with Gasteiger partial charge in [-0.1, -0.05) is 93.5 Å². The largest absolute Gasteiger partial charge is 0.308 e. The van der Waals surface area contributed by atoms with Crippen LogP contribution in [0.15, 0.2) is 132 Å². The van der Waals surface area contributed by atoms with Crippen molar-refractivity contribution in [2.45, 2.75) is 0 Å². The zero-order valence-corrected chi connectivity index (χ0v) is 22.1. The van der Waals surface area contributed by atoms with Crippen LogP contribution in [-0.2, 0) is 0 Å². The van der Waals surface area contributed by atoms with Crippen molar-refractivity contribution in [3.63, 3.8) is 0 Å². The van der Waals surface area contributed by atoms with E-state index in [1.165, 1.54) is 20.0 Å². The van der Waals surface area contributed by atoms with E-state index >= 15 is 0 Å². The molecule has 3 aromatic heterocycles. The van der Waals surface area contributed by atoms with Crippen LogP contribution in [0.5, 0.6) is 0 Å². The van der Waals surface area contributed by atoms with E-state index in [0.29, 0.717) is 0 Å². The second kappa shape index (κ2) is 9.37. The number of hydrogen-bond donors (Lipinski definition) is 0. The molecule has 0 unspecified atom stereocenters. The zero-order chi connectivity index (χ0) is 24.6. The summed E-state index contributed by atoms with van der Waals surface area (Å²) in [4.78, 5) is 9.81. The summed E-state index contributed by atoms with van der Waals surface area (Å²) in [5, 5.41) is 1.17. The Labute approximate surface area is 225 Å². The molecule has 0 saturated carbocycles. The number of halogens is 1.